The van der Waals surface area contributed by atoms with Crippen LogP contribution in [0.4, 0.5) is 15.9 Å². The van der Waals surface area contributed by atoms with Crippen molar-refractivity contribution in [2.75, 3.05) is 23.8 Å². The Hall–Kier alpha value is -3.52. The van der Waals surface area contributed by atoms with E-state index in [1.54, 1.807) is 24.3 Å². The molecule has 8 heteroatoms. The van der Waals surface area contributed by atoms with E-state index in [0.717, 1.165) is 33.6 Å². The van der Waals surface area contributed by atoms with Crippen LogP contribution in [0, 0.1) is 5.82 Å². The van der Waals surface area contributed by atoms with Gasteiger partial charge in [0.25, 0.3) is 0 Å². The molecule has 0 fully saturated rings. The Labute approximate surface area is 183 Å². The van der Waals surface area contributed by atoms with Gasteiger partial charge in [0, 0.05) is 35.7 Å². The fourth-order valence-corrected chi connectivity index (χ4v) is 4.10. The summed E-state index contributed by atoms with van der Waals surface area (Å²) in [5.74, 6) is 1.04. The molecule has 0 atom stereocenters. The molecule has 0 aliphatic heterocycles. The van der Waals surface area contributed by atoms with E-state index in [2.05, 4.69) is 20.6 Å². The van der Waals surface area contributed by atoms with E-state index in [-0.39, 0.29) is 11.7 Å². The molecule has 1 amide bonds. The van der Waals surface area contributed by atoms with Crippen LogP contribution in [-0.4, -0.2) is 29.0 Å². The number of thiophene rings is 1. The molecule has 2 aromatic heterocycles. The lowest BCUT2D eigenvalue weighted by Crippen LogP contribution is -2.09. The Balaban J connectivity index is 1.37. The van der Waals surface area contributed by atoms with Crippen LogP contribution < -0.4 is 15.4 Å². The predicted octanol–water partition coefficient (Wildman–Crippen LogP) is 5.34. The topological polar surface area (TPSA) is 76.1 Å². The van der Waals surface area contributed by atoms with E-state index in [4.69, 9.17) is 4.74 Å². The highest BCUT2D eigenvalue weighted by molar-refractivity contribution is 7.17. The van der Waals surface area contributed by atoms with Gasteiger partial charge in [-0.05, 0) is 36.8 Å². The highest BCUT2D eigenvalue weighted by Gasteiger charge is 2.15. The number of carbonyl (C=O) groups is 1. The largest absolute Gasteiger partial charge is 0.494 e. The summed E-state index contributed by atoms with van der Waals surface area (Å²) < 4.78 is 20.1. The Bertz CT molecular complexity index is 1190. The van der Waals surface area contributed by atoms with E-state index >= 15 is 0 Å². The minimum absolute atomic E-state index is 0.109. The number of hydrogen-bond donors (Lipinski definition) is 2. The minimum Gasteiger partial charge on any atom is -0.494 e. The summed E-state index contributed by atoms with van der Waals surface area (Å²) in [6.45, 7) is 2.63. The van der Waals surface area contributed by atoms with Crippen LogP contribution in [0.2, 0.25) is 0 Å². The van der Waals surface area contributed by atoms with Crippen LogP contribution in [0.5, 0.6) is 5.75 Å². The van der Waals surface area contributed by atoms with Crippen LogP contribution in [0.25, 0.3) is 21.3 Å². The van der Waals surface area contributed by atoms with Gasteiger partial charge >= 0.3 is 0 Å². The Kier molecular flexibility index (Phi) is 6.37. The number of rotatable bonds is 8. The summed E-state index contributed by atoms with van der Waals surface area (Å²) in [7, 11) is 0. The lowest BCUT2D eigenvalue weighted by Gasteiger charge is -2.10. The quantitative estimate of drug-likeness (QED) is 0.365. The maximum atomic E-state index is 14.3. The number of anilines is 2. The first kappa shape index (κ1) is 20.7. The van der Waals surface area contributed by atoms with Gasteiger partial charge in [-0.15, -0.1) is 11.3 Å². The maximum absolute atomic E-state index is 14.3. The molecule has 2 aromatic carbocycles. The van der Waals surface area contributed by atoms with E-state index in [9.17, 15) is 9.18 Å². The second-order valence-corrected chi connectivity index (χ2v) is 7.72. The van der Waals surface area contributed by atoms with Gasteiger partial charge in [-0.25, -0.2) is 14.4 Å². The van der Waals surface area contributed by atoms with Crippen molar-refractivity contribution in [1.29, 1.82) is 0 Å². The van der Waals surface area contributed by atoms with Gasteiger partial charge in [0.05, 0.1) is 12.0 Å². The number of hydrogen-bond acceptors (Lipinski definition) is 6. The van der Waals surface area contributed by atoms with E-state index < -0.39 is 0 Å². The lowest BCUT2D eigenvalue weighted by molar-refractivity contribution is -0.114. The van der Waals surface area contributed by atoms with Gasteiger partial charge in [-0.1, -0.05) is 18.2 Å². The second-order valence-electron chi connectivity index (χ2n) is 6.87. The van der Waals surface area contributed by atoms with Crippen molar-refractivity contribution in [2.45, 2.75) is 13.3 Å². The van der Waals surface area contributed by atoms with E-state index in [0.29, 0.717) is 24.5 Å². The first-order valence-corrected chi connectivity index (χ1v) is 10.7. The zero-order valence-electron chi connectivity index (χ0n) is 16.9. The molecule has 0 bridgehead atoms. The molecule has 0 aliphatic carbocycles. The molecule has 0 unspecified atom stereocenters. The summed E-state index contributed by atoms with van der Waals surface area (Å²) in [5, 5.41) is 8.78. The fourth-order valence-electron chi connectivity index (χ4n) is 3.19. The number of aromatic nitrogens is 2. The molecule has 2 N–H and O–H groups in total. The van der Waals surface area contributed by atoms with Crippen molar-refractivity contribution in [1.82, 2.24) is 9.97 Å². The van der Waals surface area contributed by atoms with E-state index in [1.807, 2.05) is 23.6 Å². The predicted molar refractivity (Wildman–Crippen MR) is 122 cm³/mol. The minimum atomic E-state index is -0.269. The number of nitrogens with one attached hydrogen (secondary N) is 2. The zero-order chi connectivity index (χ0) is 21.6. The molecule has 0 saturated heterocycles. The third-order valence-electron chi connectivity index (χ3n) is 4.59. The standard InChI is InChI=1S/C23H21FN4O2S/c1-15(29)28-16-7-9-17(10-8-16)30-12-4-11-25-22-21-19(13-31-23(21)27-14-26-22)18-5-2-3-6-20(18)24/h2-3,5-10,13-14H,4,11-12H2,1H3,(H,28,29)(H,25,26,27). The van der Waals surface area contributed by atoms with Gasteiger partial charge < -0.3 is 15.4 Å². The number of halogens is 1. The average Bonchev–Trinajstić information content (AvgIpc) is 3.19. The molecule has 4 aromatic rings. The summed E-state index contributed by atoms with van der Waals surface area (Å²) >= 11 is 1.47. The van der Waals surface area contributed by atoms with Crippen molar-refractivity contribution >= 4 is 39.0 Å². The molecule has 0 spiro atoms. The number of carbonyl (C=O) groups excluding carboxylic acids is 1. The molecule has 4 rings (SSSR count). The normalized spacial score (nSPS) is 10.8. The van der Waals surface area contributed by atoms with Gasteiger partial charge in [-0.3, -0.25) is 4.79 Å². The molecule has 0 saturated carbocycles. The van der Waals surface area contributed by atoms with Crippen molar-refractivity contribution < 1.29 is 13.9 Å². The van der Waals surface area contributed by atoms with E-state index in [1.165, 1.54) is 30.7 Å². The monoisotopic (exact) mass is 436 g/mol. The molecular formula is C23H21FN4O2S. The molecule has 158 valence electrons. The first-order valence-electron chi connectivity index (χ1n) is 9.83. The summed E-state index contributed by atoms with van der Waals surface area (Å²) in [6, 6.07) is 13.9. The Morgan fingerprint density at radius 2 is 1.90 bits per heavy atom. The van der Waals surface area contributed by atoms with Crippen LogP contribution in [0.15, 0.2) is 60.2 Å². The van der Waals surface area contributed by atoms with Gasteiger partial charge in [-0.2, -0.15) is 0 Å². The molecule has 2 heterocycles. The van der Waals surface area contributed by atoms with Crippen molar-refractivity contribution in [2.24, 2.45) is 0 Å². The second kappa shape index (κ2) is 9.53. The number of amides is 1. The maximum Gasteiger partial charge on any atom is 0.221 e. The third-order valence-corrected chi connectivity index (χ3v) is 5.48. The van der Waals surface area contributed by atoms with Crippen LogP contribution in [-0.2, 0) is 4.79 Å². The highest BCUT2D eigenvalue weighted by atomic mass is 32.1. The van der Waals surface area contributed by atoms with Crippen LogP contribution >= 0.6 is 11.3 Å². The first-order chi connectivity index (χ1) is 15.1. The summed E-state index contributed by atoms with van der Waals surface area (Å²) in [5.41, 5.74) is 2.06. The SMILES string of the molecule is CC(=O)Nc1ccc(OCCCNc2ncnc3scc(-c4ccccc4F)c23)cc1. The molecule has 31 heavy (non-hydrogen) atoms. The molecular weight excluding hydrogens is 415 g/mol. The number of ether oxygens (including phenoxy) is 1. The summed E-state index contributed by atoms with van der Waals surface area (Å²) in [6.07, 6.45) is 2.26. The van der Waals surface area contributed by atoms with Gasteiger partial charge in [0.2, 0.25) is 5.91 Å². The average molecular weight is 437 g/mol. The van der Waals surface area contributed by atoms with Crippen LogP contribution in [0.3, 0.4) is 0 Å². The lowest BCUT2D eigenvalue weighted by atomic mass is 10.1. The Morgan fingerprint density at radius 1 is 1.10 bits per heavy atom. The summed E-state index contributed by atoms with van der Waals surface area (Å²) in [4.78, 5) is 20.6. The zero-order valence-corrected chi connectivity index (χ0v) is 17.7. The smallest absolute Gasteiger partial charge is 0.221 e. The van der Waals surface area contributed by atoms with Crippen molar-refractivity contribution in [3.63, 3.8) is 0 Å². The fraction of sp³-hybridized carbons (Fsp3) is 0.174. The number of nitrogens with zero attached hydrogens (tertiary/aromatic N) is 2. The highest BCUT2D eigenvalue weighted by Crippen LogP contribution is 2.37. The van der Waals surface area contributed by atoms with Crippen molar-refractivity contribution in [3.05, 3.63) is 66.1 Å². The van der Waals surface area contributed by atoms with Crippen LogP contribution in [0.1, 0.15) is 13.3 Å². The van der Waals surface area contributed by atoms with Gasteiger partial charge in [0.15, 0.2) is 0 Å². The van der Waals surface area contributed by atoms with Crippen molar-refractivity contribution in [3.8, 4) is 16.9 Å². The number of fused-ring (bicyclic) bond motifs is 1. The molecule has 6 nitrogen and oxygen atoms in total. The third kappa shape index (κ3) is 4.97. The number of benzene rings is 2. The Morgan fingerprint density at radius 3 is 2.68 bits per heavy atom. The van der Waals surface area contributed by atoms with Gasteiger partial charge in [0.1, 0.15) is 28.5 Å². The molecule has 0 aliphatic rings. The molecule has 0 radical (unpaired) electrons.